The van der Waals surface area contributed by atoms with E-state index in [1.165, 1.54) is 0 Å². The quantitative estimate of drug-likeness (QED) is 0.206. The van der Waals surface area contributed by atoms with Crippen molar-refractivity contribution in [3.8, 4) is 5.75 Å². The molecule has 28 heavy (non-hydrogen) atoms. The number of hydrogen-bond donors (Lipinski definition) is 1. The van der Waals surface area contributed by atoms with E-state index in [4.69, 9.17) is 4.99 Å². The molecule has 1 aromatic carbocycles. The molecule has 0 aliphatic heterocycles. The van der Waals surface area contributed by atoms with Crippen LogP contribution in [0.2, 0.25) is 0 Å². The molecule has 0 unspecified atom stereocenters. The van der Waals surface area contributed by atoms with E-state index in [2.05, 4.69) is 35.8 Å². The number of rotatable bonds is 11. The molecule has 1 aromatic rings. The summed E-state index contributed by atoms with van der Waals surface area (Å²) in [5, 5.41) is 3.30. The van der Waals surface area contributed by atoms with Gasteiger partial charge in [-0.2, -0.15) is 8.78 Å². The minimum atomic E-state index is -2.80. The fourth-order valence-corrected chi connectivity index (χ4v) is 2.51. The Hall–Kier alpha value is -1.16. The van der Waals surface area contributed by atoms with Gasteiger partial charge in [-0.15, -0.1) is 24.0 Å². The van der Waals surface area contributed by atoms with E-state index in [9.17, 15) is 8.78 Å². The van der Waals surface area contributed by atoms with Gasteiger partial charge in [-0.3, -0.25) is 4.99 Å². The third-order valence-electron chi connectivity index (χ3n) is 4.33. The first-order valence-electron chi connectivity index (χ1n) is 9.57. The zero-order chi connectivity index (χ0) is 20.2. The van der Waals surface area contributed by atoms with Crippen LogP contribution in [-0.4, -0.2) is 62.1 Å². The van der Waals surface area contributed by atoms with Crippen LogP contribution in [0, 0.1) is 0 Å². The summed E-state index contributed by atoms with van der Waals surface area (Å²) in [5.41, 5.74) is 1.00. The molecule has 0 aliphatic carbocycles. The summed E-state index contributed by atoms with van der Waals surface area (Å²) in [5.74, 6) is 1.02. The second-order valence-electron chi connectivity index (χ2n) is 6.90. The first kappa shape index (κ1) is 26.8. The highest BCUT2D eigenvalue weighted by Crippen LogP contribution is 2.15. The molecule has 1 rings (SSSR count). The van der Waals surface area contributed by atoms with Crippen molar-refractivity contribution >= 4 is 29.9 Å². The van der Waals surface area contributed by atoms with Gasteiger partial charge >= 0.3 is 6.61 Å². The van der Waals surface area contributed by atoms with Gasteiger partial charge in [0.2, 0.25) is 0 Å². The van der Waals surface area contributed by atoms with E-state index in [0.717, 1.165) is 44.0 Å². The molecule has 0 aromatic heterocycles. The maximum atomic E-state index is 12.2. The molecule has 5 nitrogen and oxygen atoms in total. The van der Waals surface area contributed by atoms with Crippen molar-refractivity contribution in [1.29, 1.82) is 0 Å². The van der Waals surface area contributed by atoms with E-state index in [0.29, 0.717) is 12.6 Å². The van der Waals surface area contributed by atoms with E-state index in [1.807, 2.05) is 18.9 Å². The monoisotopic (exact) mass is 512 g/mol. The summed E-state index contributed by atoms with van der Waals surface area (Å²) in [6, 6.07) is 7.27. The van der Waals surface area contributed by atoms with Crippen LogP contribution in [0.1, 0.15) is 39.2 Å². The second kappa shape index (κ2) is 14.8. The Morgan fingerprint density at radius 2 is 1.79 bits per heavy atom. The maximum Gasteiger partial charge on any atom is 0.387 e. The lowest BCUT2D eigenvalue weighted by molar-refractivity contribution is -0.0498. The van der Waals surface area contributed by atoms with Crippen LogP contribution in [0.25, 0.3) is 0 Å². The molecule has 0 bridgehead atoms. The van der Waals surface area contributed by atoms with Gasteiger partial charge in [0.15, 0.2) is 5.96 Å². The summed E-state index contributed by atoms with van der Waals surface area (Å²) in [4.78, 5) is 9.07. The number of ether oxygens (including phenoxy) is 1. The standard InChI is InChI=1S/C20H34F2N4O.HI/c1-6-23-20(24-13-7-8-14-25(4)16(2)3)26(5)15-17-9-11-18(12-10-17)27-19(21)22;/h9-12,16,19H,6-8,13-15H2,1-5H3,(H,23,24);1H. The molecule has 0 heterocycles. The smallest absolute Gasteiger partial charge is 0.387 e. The summed E-state index contributed by atoms with van der Waals surface area (Å²) in [6.07, 6.45) is 2.16. The van der Waals surface area contributed by atoms with Crippen molar-refractivity contribution in [2.45, 2.75) is 52.8 Å². The summed E-state index contributed by atoms with van der Waals surface area (Å²) >= 11 is 0. The van der Waals surface area contributed by atoms with E-state index in [-0.39, 0.29) is 29.7 Å². The lowest BCUT2D eigenvalue weighted by Crippen LogP contribution is -2.38. The number of guanidine groups is 1. The molecule has 0 saturated carbocycles. The molecule has 0 radical (unpaired) electrons. The lowest BCUT2D eigenvalue weighted by Gasteiger charge is -2.23. The van der Waals surface area contributed by atoms with Crippen LogP contribution in [0.3, 0.4) is 0 Å². The van der Waals surface area contributed by atoms with Gasteiger partial charge < -0.3 is 19.9 Å². The number of nitrogens with one attached hydrogen (secondary N) is 1. The number of nitrogens with zero attached hydrogens (tertiary/aromatic N) is 3. The minimum Gasteiger partial charge on any atom is -0.435 e. The van der Waals surface area contributed by atoms with Gasteiger partial charge in [0.05, 0.1) is 0 Å². The van der Waals surface area contributed by atoms with Crippen LogP contribution >= 0.6 is 24.0 Å². The molecule has 0 spiro atoms. The van der Waals surface area contributed by atoms with Crippen LogP contribution in [-0.2, 0) is 6.54 Å². The van der Waals surface area contributed by atoms with Crippen molar-refractivity contribution in [2.75, 3.05) is 33.7 Å². The molecule has 8 heteroatoms. The Labute approximate surface area is 185 Å². The average Bonchev–Trinajstić information content (AvgIpc) is 2.61. The molecular formula is C20H35F2IN4O. The van der Waals surface area contributed by atoms with E-state index < -0.39 is 6.61 Å². The molecule has 0 amide bonds. The van der Waals surface area contributed by atoms with Crippen molar-refractivity contribution in [2.24, 2.45) is 4.99 Å². The van der Waals surface area contributed by atoms with Crippen molar-refractivity contribution in [1.82, 2.24) is 15.1 Å². The van der Waals surface area contributed by atoms with Crippen molar-refractivity contribution in [3.63, 3.8) is 0 Å². The summed E-state index contributed by atoms with van der Waals surface area (Å²) < 4.78 is 28.8. The van der Waals surface area contributed by atoms with Gasteiger partial charge in [0, 0.05) is 32.7 Å². The number of hydrogen-bond acceptors (Lipinski definition) is 3. The lowest BCUT2D eigenvalue weighted by atomic mass is 10.2. The maximum absolute atomic E-state index is 12.2. The number of alkyl halides is 2. The first-order chi connectivity index (χ1) is 12.8. The van der Waals surface area contributed by atoms with Crippen LogP contribution in [0.15, 0.2) is 29.3 Å². The van der Waals surface area contributed by atoms with Crippen molar-refractivity contribution in [3.05, 3.63) is 29.8 Å². The number of halogens is 3. The number of aliphatic imine (C=N–C) groups is 1. The molecule has 1 N–H and O–H groups in total. The predicted molar refractivity (Wildman–Crippen MR) is 123 cm³/mol. The Balaban J connectivity index is 0.00000729. The third kappa shape index (κ3) is 11.0. The summed E-state index contributed by atoms with van der Waals surface area (Å²) in [7, 11) is 4.11. The zero-order valence-corrected chi connectivity index (χ0v) is 20.0. The number of unbranched alkanes of at least 4 members (excludes halogenated alkanes) is 1. The zero-order valence-electron chi connectivity index (χ0n) is 17.6. The fraction of sp³-hybridized carbons (Fsp3) is 0.650. The summed E-state index contributed by atoms with van der Waals surface area (Å²) in [6.45, 7) is 6.91. The van der Waals surface area contributed by atoms with E-state index in [1.54, 1.807) is 24.3 Å². The molecule has 162 valence electrons. The second-order valence-corrected chi connectivity index (χ2v) is 6.90. The van der Waals surface area contributed by atoms with Gasteiger partial charge in [-0.25, -0.2) is 0 Å². The Morgan fingerprint density at radius 1 is 1.14 bits per heavy atom. The number of benzene rings is 1. The molecular weight excluding hydrogens is 477 g/mol. The van der Waals surface area contributed by atoms with Crippen molar-refractivity contribution < 1.29 is 13.5 Å². The fourth-order valence-electron chi connectivity index (χ4n) is 2.51. The largest absolute Gasteiger partial charge is 0.435 e. The predicted octanol–water partition coefficient (Wildman–Crippen LogP) is 4.42. The molecule has 0 fully saturated rings. The van der Waals surface area contributed by atoms with Crippen LogP contribution < -0.4 is 10.1 Å². The van der Waals surface area contributed by atoms with Crippen LogP contribution in [0.5, 0.6) is 5.75 Å². The van der Waals surface area contributed by atoms with Crippen LogP contribution in [0.4, 0.5) is 8.78 Å². The van der Waals surface area contributed by atoms with Gasteiger partial charge in [-0.05, 0) is 64.9 Å². The molecule has 0 atom stereocenters. The highest BCUT2D eigenvalue weighted by molar-refractivity contribution is 14.0. The Bertz CT molecular complexity index is 556. The third-order valence-corrected chi connectivity index (χ3v) is 4.33. The Kier molecular flexibility index (Phi) is 14.2. The Morgan fingerprint density at radius 3 is 2.32 bits per heavy atom. The minimum absolute atomic E-state index is 0. The average molecular weight is 512 g/mol. The van der Waals surface area contributed by atoms with Gasteiger partial charge in [0.1, 0.15) is 5.75 Å². The SMILES string of the molecule is CCNC(=NCCCCN(C)C(C)C)N(C)Cc1ccc(OC(F)F)cc1.I. The van der Waals surface area contributed by atoms with Gasteiger partial charge in [-0.1, -0.05) is 12.1 Å². The highest BCUT2D eigenvalue weighted by Gasteiger charge is 2.08. The molecule has 0 saturated heterocycles. The first-order valence-corrected chi connectivity index (χ1v) is 9.57. The highest BCUT2D eigenvalue weighted by atomic mass is 127. The van der Waals surface area contributed by atoms with E-state index >= 15 is 0 Å². The van der Waals surface area contributed by atoms with Gasteiger partial charge in [0.25, 0.3) is 0 Å². The molecule has 0 aliphatic rings. The normalized spacial score (nSPS) is 11.7. The topological polar surface area (TPSA) is 40.1 Å².